The van der Waals surface area contributed by atoms with E-state index in [4.69, 9.17) is 4.74 Å². The second-order valence-corrected chi connectivity index (χ2v) is 4.47. The van der Waals surface area contributed by atoms with Crippen LogP contribution in [0.3, 0.4) is 0 Å². The third-order valence-corrected chi connectivity index (χ3v) is 2.76. The average molecular weight is 269 g/mol. The molecule has 1 fully saturated rings. The van der Waals surface area contributed by atoms with Gasteiger partial charge >= 0.3 is 5.97 Å². The fourth-order valence-electron chi connectivity index (χ4n) is 1.46. The number of esters is 1. The minimum Gasteiger partial charge on any atom is -0.452 e. The number of halogens is 2. The fourth-order valence-corrected chi connectivity index (χ4v) is 1.46. The van der Waals surface area contributed by atoms with Crippen LogP contribution in [-0.2, 0) is 14.3 Å². The Morgan fingerprint density at radius 1 is 1.32 bits per heavy atom. The van der Waals surface area contributed by atoms with Crippen molar-refractivity contribution in [2.75, 3.05) is 5.32 Å². The molecule has 0 saturated heterocycles. The summed E-state index contributed by atoms with van der Waals surface area (Å²) in [5, 5.41) is 2.35. The molecule has 102 valence electrons. The highest BCUT2D eigenvalue weighted by atomic mass is 19.2. The number of benzene rings is 1. The van der Waals surface area contributed by atoms with E-state index in [0.29, 0.717) is 0 Å². The van der Waals surface area contributed by atoms with Gasteiger partial charge in [-0.2, -0.15) is 0 Å². The molecule has 1 atom stereocenters. The van der Waals surface area contributed by atoms with Gasteiger partial charge in [0.2, 0.25) is 0 Å². The lowest BCUT2D eigenvalue weighted by Crippen LogP contribution is -2.30. The molecule has 1 aliphatic rings. The Kier molecular flexibility index (Phi) is 3.78. The lowest BCUT2D eigenvalue weighted by molar-refractivity contribution is -0.154. The Hall–Kier alpha value is -1.98. The number of carbonyl (C=O) groups excluding carboxylic acids is 2. The van der Waals surface area contributed by atoms with Crippen molar-refractivity contribution in [3.63, 3.8) is 0 Å². The second-order valence-electron chi connectivity index (χ2n) is 4.47. The molecule has 0 radical (unpaired) electrons. The lowest BCUT2D eigenvalue weighted by Gasteiger charge is -2.13. The lowest BCUT2D eigenvalue weighted by atomic mass is 10.2. The Labute approximate surface area is 108 Å². The molecule has 6 heteroatoms. The highest BCUT2D eigenvalue weighted by molar-refractivity contribution is 5.95. The Morgan fingerprint density at radius 2 is 2.00 bits per heavy atom. The van der Waals surface area contributed by atoms with E-state index in [-0.39, 0.29) is 11.6 Å². The minimum atomic E-state index is -1.06. The van der Waals surface area contributed by atoms with Crippen molar-refractivity contribution >= 4 is 17.6 Å². The van der Waals surface area contributed by atoms with Crippen molar-refractivity contribution in [2.45, 2.75) is 25.9 Å². The molecule has 0 bridgehead atoms. The molecule has 1 aromatic carbocycles. The highest BCUT2D eigenvalue weighted by Gasteiger charge is 2.33. The standard InChI is InChI=1S/C13H13F2NO3/c1-7(19-13(18)8-2-3-8)12(17)16-9-4-5-10(14)11(15)6-9/h4-8H,2-3H2,1H3,(H,16,17)/t7-/m1/s1. The zero-order valence-electron chi connectivity index (χ0n) is 10.3. The summed E-state index contributed by atoms with van der Waals surface area (Å²) < 4.78 is 30.6. The Morgan fingerprint density at radius 3 is 2.58 bits per heavy atom. The third kappa shape index (κ3) is 3.49. The van der Waals surface area contributed by atoms with Crippen LogP contribution in [0.4, 0.5) is 14.5 Å². The van der Waals surface area contributed by atoms with Gasteiger partial charge in [-0.05, 0) is 31.9 Å². The van der Waals surface area contributed by atoms with Gasteiger partial charge in [-0.3, -0.25) is 9.59 Å². The number of nitrogens with one attached hydrogen (secondary N) is 1. The zero-order chi connectivity index (χ0) is 14.0. The van der Waals surface area contributed by atoms with Gasteiger partial charge in [0.05, 0.1) is 5.92 Å². The van der Waals surface area contributed by atoms with Gasteiger partial charge in [0.25, 0.3) is 5.91 Å². The summed E-state index contributed by atoms with van der Waals surface area (Å²) in [6.45, 7) is 1.43. The summed E-state index contributed by atoms with van der Waals surface area (Å²) in [7, 11) is 0. The number of rotatable bonds is 4. The van der Waals surface area contributed by atoms with Crippen LogP contribution in [0.2, 0.25) is 0 Å². The van der Waals surface area contributed by atoms with Crippen LogP contribution in [0, 0.1) is 17.6 Å². The van der Waals surface area contributed by atoms with Crippen LogP contribution in [-0.4, -0.2) is 18.0 Å². The summed E-state index contributed by atoms with van der Waals surface area (Å²) in [5.41, 5.74) is 0.109. The molecule has 0 heterocycles. The molecule has 0 aliphatic heterocycles. The topological polar surface area (TPSA) is 55.4 Å². The van der Waals surface area contributed by atoms with Crippen molar-refractivity contribution in [2.24, 2.45) is 5.92 Å². The highest BCUT2D eigenvalue weighted by Crippen LogP contribution is 2.30. The SMILES string of the molecule is C[C@@H](OC(=O)C1CC1)C(=O)Nc1ccc(F)c(F)c1. The first-order valence-corrected chi connectivity index (χ1v) is 5.94. The third-order valence-electron chi connectivity index (χ3n) is 2.76. The average Bonchev–Trinajstić information content (AvgIpc) is 3.17. The van der Waals surface area contributed by atoms with E-state index in [2.05, 4.69) is 5.32 Å². The molecule has 1 aliphatic carbocycles. The maximum atomic E-state index is 12.9. The second kappa shape index (κ2) is 5.34. The molecule has 1 N–H and O–H groups in total. The first kappa shape index (κ1) is 13.5. The molecule has 2 rings (SSSR count). The van der Waals surface area contributed by atoms with Crippen molar-refractivity contribution in [3.05, 3.63) is 29.8 Å². The van der Waals surface area contributed by atoms with Crippen LogP contribution in [0.15, 0.2) is 18.2 Å². The summed E-state index contributed by atoms with van der Waals surface area (Å²) in [4.78, 5) is 23.0. The van der Waals surface area contributed by atoms with Crippen molar-refractivity contribution < 1.29 is 23.1 Å². The maximum Gasteiger partial charge on any atom is 0.309 e. The number of ether oxygens (including phenoxy) is 1. The maximum absolute atomic E-state index is 12.9. The molecule has 4 nitrogen and oxygen atoms in total. The summed E-state index contributed by atoms with van der Waals surface area (Å²) >= 11 is 0. The van der Waals surface area contributed by atoms with E-state index in [9.17, 15) is 18.4 Å². The molecule has 0 spiro atoms. The van der Waals surface area contributed by atoms with Crippen LogP contribution < -0.4 is 5.32 Å². The number of carbonyl (C=O) groups is 2. The summed E-state index contributed by atoms with van der Waals surface area (Å²) in [6.07, 6.45) is 0.605. The van der Waals surface area contributed by atoms with Crippen LogP contribution in [0.25, 0.3) is 0 Å². The van der Waals surface area contributed by atoms with E-state index in [0.717, 1.165) is 25.0 Å². The van der Waals surface area contributed by atoms with Gasteiger partial charge in [-0.25, -0.2) is 8.78 Å². The molecule has 1 aromatic rings. The fraction of sp³-hybridized carbons (Fsp3) is 0.385. The monoisotopic (exact) mass is 269 g/mol. The van der Waals surface area contributed by atoms with Gasteiger partial charge in [-0.15, -0.1) is 0 Å². The van der Waals surface area contributed by atoms with E-state index < -0.39 is 29.6 Å². The van der Waals surface area contributed by atoms with Crippen molar-refractivity contribution in [3.8, 4) is 0 Å². The van der Waals surface area contributed by atoms with Gasteiger partial charge in [0.15, 0.2) is 17.7 Å². The molecule has 1 saturated carbocycles. The molecular formula is C13H13F2NO3. The predicted octanol–water partition coefficient (Wildman–Crippen LogP) is 2.25. The first-order valence-electron chi connectivity index (χ1n) is 5.94. The molecule has 0 unspecified atom stereocenters. The molecule has 19 heavy (non-hydrogen) atoms. The minimum absolute atomic E-state index is 0.0986. The Bertz CT molecular complexity index is 515. The van der Waals surface area contributed by atoms with Crippen LogP contribution in [0.5, 0.6) is 0 Å². The Balaban J connectivity index is 1.91. The van der Waals surface area contributed by atoms with Gasteiger partial charge in [0.1, 0.15) is 0 Å². The van der Waals surface area contributed by atoms with Crippen molar-refractivity contribution in [1.29, 1.82) is 0 Å². The van der Waals surface area contributed by atoms with Crippen molar-refractivity contribution in [1.82, 2.24) is 0 Å². The van der Waals surface area contributed by atoms with E-state index in [1.165, 1.54) is 13.0 Å². The molecule has 1 amide bonds. The van der Waals surface area contributed by atoms with Gasteiger partial charge in [0, 0.05) is 11.8 Å². The number of hydrogen-bond acceptors (Lipinski definition) is 3. The van der Waals surface area contributed by atoms with Crippen LogP contribution in [0.1, 0.15) is 19.8 Å². The molecule has 0 aromatic heterocycles. The quantitative estimate of drug-likeness (QED) is 0.853. The normalized spacial score (nSPS) is 15.7. The molecular weight excluding hydrogens is 256 g/mol. The summed E-state index contributed by atoms with van der Waals surface area (Å²) in [5.74, 6) is -3.13. The zero-order valence-corrected chi connectivity index (χ0v) is 10.3. The number of amides is 1. The smallest absolute Gasteiger partial charge is 0.309 e. The van der Waals surface area contributed by atoms with Gasteiger partial charge < -0.3 is 10.1 Å². The number of hydrogen-bond donors (Lipinski definition) is 1. The van der Waals surface area contributed by atoms with Crippen LogP contribution >= 0.6 is 0 Å². The predicted molar refractivity (Wildman–Crippen MR) is 63.3 cm³/mol. The first-order chi connectivity index (χ1) is 8.97. The van der Waals surface area contributed by atoms with E-state index in [1.807, 2.05) is 0 Å². The summed E-state index contributed by atoms with van der Waals surface area (Å²) in [6, 6.07) is 3.00. The van der Waals surface area contributed by atoms with Gasteiger partial charge in [-0.1, -0.05) is 0 Å². The largest absolute Gasteiger partial charge is 0.452 e. The van der Waals surface area contributed by atoms with E-state index >= 15 is 0 Å². The van der Waals surface area contributed by atoms with E-state index in [1.54, 1.807) is 0 Å². The number of anilines is 1.